The molecule has 0 fully saturated rings. The maximum atomic E-state index is 10.9. The molecule has 0 aliphatic heterocycles. The van der Waals surface area contributed by atoms with E-state index >= 15 is 0 Å². The fourth-order valence-electron chi connectivity index (χ4n) is 1.89. The maximum absolute atomic E-state index is 10.9. The lowest BCUT2D eigenvalue weighted by atomic mass is 9.75. The lowest BCUT2D eigenvalue weighted by molar-refractivity contribution is -0.117. The van der Waals surface area contributed by atoms with Crippen molar-refractivity contribution in [1.82, 2.24) is 0 Å². The first-order chi connectivity index (χ1) is 5.77. The summed E-state index contributed by atoms with van der Waals surface area (Å²) in [5.41, 5.74) is 2.80. The number of carbonyl (C=O) groups is 1. The van der Waals surface area contributed by atoms with Gasteiger partial charge in [0.2, 0.25) is 0 Å². The molecule has 0 saturated carbocycles. The monoisotopic (exact) mass is 160 g/mol. The van der Waals surface area contributed by atoms with E-state index in [2.05, 4.69) is 18.2 Å². The van der Waals surface area contributed by atoms with Crippen LogP contribution in [0.3, 0.4) is 0 Å². The Labute approximate surface area is 72.4 Å². The van der Waals surface area contributed by atoms with Gasteiger partial charge in [-0.1, -0.05) is 24.3 Å². The van der Waals surface area contributed by atoms with Crippen LogP contribution in [0.15, 0.2) is 24.3 Å². The summed E-state index contributed by atoms with van der Waals surface area (Å²) >= 11 is 0. The van der Waals surface area contributed by atoms with E-state index in [1.165, 1.54) is 11.1 Å². The van der Waals surface area contributed by atoms with Crippen molar-refractivity contribution < 1.29 is 4.79 Å². The van der Waals surface area contributed by atoms with Gasteiger partial charge in [-0.15, -0.1) is 0 Å². The molecule has 0 radical (unpaired) electrons. The molecular formula is C11H12O. The third-order valence-corrected chi connectivity index (χ3v) is 2.50. The molecule has 1 nitrogen and oxygen atoms in total. The SMILES string of the molecule is CC(=O)C[C@@H]1Cc2ccccc21. The number of hydrogen-bond acceptors (Lipinski definition) is 1. The van der Waals surface area contributed by atoms with Crippen LogP contribution in [0, 0.1) is 0 Å². The van der Waals surface area contributed by atoms with Gasteiger partial charge >= 0.3 is 0 Å². The fraction of sp³-hybridized carbons (Fsp3) is 0.364. The molecule has 0 saturated heterocycles. The third kappa shape index (κ3) is 1.15. The Balaban J connectivity index is 2.15. The summed E-state index contributed by atoms with van der Waals surface area (Å²) in [6, 6.07) is 8.38. The van der Waals surface area contributed by atoms with E-state index in [0.717, 1.165) is 12.8 Å². The number of fused-ring (bicyclic) bond motifs is 1. The summed E-state index contributed by atoms with van der Waals surface area (Å²) in [6.45, 7) is 1.67. The van der Waals surface area contributed by atoms with Crippen molar-refractivity contribution in [1.29, 1.82) is 0 Å². The van der Waals surface area contributed by atoms with Gasteiger partial charge in [-0.2, -0.15) is 0 Å². The van der Waals surface area contributed by atoms with E-state index in [9.17, 15) is 4.79 Å². The minimum atomic E-state index is 0.300. The van der Waals surface area contributed by atoms with Crippen molar-refractivity contribution >= 4 is 5.78 Å². The lowest BCUT2D eigenvalue weighted by Gasteiger charge is -2.29. The molecule has 0 heterocycles. The van der Waals surface area contributed by atoms with Gasteiger partial charge in [-0.3, -0.25) is 0 Å². The van der Waals surface area contributed by atoms with Crippen LogP contribution < -0.4 is 0 Å². The Kier molecular flexibility index (Phi) is 1.72. The number of Topliss-reactive ketones (excluding diaryl/α,β-unsaturated/α-hetero) is 1. The van der Waals surface area contributed by atoms with Crippen molar-refractivity contribution in [3.05, 3.63) is 35.4 Å². The normalized spacial score (nSPS) is 19.6. The van der Waals surface area contributed by atoms with E-state index in [1.54, 1.807) is 6.92 Å². The van der Waals surface area contributed by atoms with Gasteiger partial charge in [-0.05, 0) is 30.4 Å². The van der Waals surface area contributed by atoms with Crippen LogP contribution in [0.2, 0.25) is 0 Å². The summed E-state index contributed by atoms with van der Waals surface area (Å²) in [5.74, 6) is 0.813. The molecule has 1 heteroatoms. The summed E-state index contributed by atoms with van der Waals surface area (Å²) in [4.78, 5) is 10.9. The van der Waals surface area contributed by atoms with Crippen molar-refractivity contribution in [3.63, 3.8) is 0 Å². The van der Waals surface area contributed by atoms with E-state index in [1.807, 2.05) is 6.07 Å². The van der Waals surface area contributed by atoms with Crippen LogP contribution in [0.1, 0.15) is 30.4 Å². The summed E-state index contributed by atoms with van der Waals surface area (Å²) in [7, 11) is 0. The predicted octanol–water partition coefficient (Wildman–Crippen LogP) is 2.31. The van der Waals surface area contributed by atoms with Crippen molar-refractivity contribution in [2.45, 2.75) is 25.7 Å². The number of benzene rings is 1. The number of rotatable bonds is 2. The van der Waals surface area contributed by atoms with Crippen LogP contribution >= 0.6 is 0 Å². The van der Waals surface area contributed by atoms with Gasteiger partial charge in [0.05, 0.1) is 0 Å². The Morgan fingerprint density at radius 3 is 2.92 bits per heavy atom. The third-order valence-electron chi connectivity index (χ3n) is 2.50. The zero-order valence-corrected chi connectivity index (χ0v) is 7.21. The highest BCUT2D eigenvalue weighted by atomic mass is 16.1. The molecule has 0 bridgehead atoms. The standard InChI is InChI=1S/C11H12O/c1-8(12)6-10-7-9-4-2-3-5-11(9)10/h2-5,10H,6-7H2,1H3/t10-/m1/s1. The van der Waals surface area contributed by atoms with Crippen LogP contribution in [0.5, 0.6) is 0 Å². The number of ketones is 1. The second kappa shape index (κ2) is 2.74. The van der Waals surface area contributed by atoms with Crippen LogP contribution in [-0.2, 0) is 11.2 Å². The first kappa shape index (κ1) is 7.53. The van der Waals surface area contributed by atoms with Gasteiger partial charge in [0, 0.05) is 6.42 Å². The van der Waals surface area contributed by atoms with Crippen molar-refractivity contribution in [2.24, 2.45) is 0 Å². The molecule has 0 amide bonds. The molecule has 0 spiro atoms. The molecule has 1 aromatic carbocycles. The second-order valence-electron chi connectivity index (χ2n) is 3.51. The smallest absolute Gasteiger partial charge is 0.130 e. The zero-order chi connectivity index (χ0) is 8.55. The maximum Gasteiger partial charge on any atom is 0.130 e. The van der Waals surface area contributed by atoms with Gasteiger partial charge in [0.1, 0.15) is 5.78 Å². The molecule has 1 atom stereocenters. The Hall–Kier alpha value is -1.11. The first-order valence-electron chi connectivity index (χ1n) is 4.34. The van der Waals surface area contributed by atoms with Crippen LogP contribution in [0.4, 0.5) is 0 Å². The average molecular weight is 160 g/mol. The second-order valence-corrected chi connectivity index (χ2v) is 3.51. The fourth-order valence-corrected chi connectivity index (χ4v) is 1.89. The Morgan fingerprint density at radius 2 is 2.25 bits per heavy atom. The highest BCUT2D eigenvalue weighted by molar-refractivity contribution is 5.77. The molecule has 2 rings (SSSR count). The van der Waals surface area contributed by atoms with E-state index in [4.69, 9.17) is 0 Å². The average Bonchev–Trinajstić information content (AvgIpc) is 2.00. The Morgan fingerprint density at radius 1 is 1.50 bits per heavy atom. The number of hydrogen-bond donors (Lipinski definition) is 0. The van der Waals surface area contributed by atoms with Gasteiger partial charge in [0.25, 0.3) is 0 Å². The van der Waals surface area contributed by atoms with Gasteiger partial charge < -0.3 is 4.79 Å². The van der Waals surface area contributed by atoms with E-state index in [-0.39, 0.29) is 0 Å². The van der Waals surface area contributed by atoms with Crippen molar-refractivity contribution in [2.75, 3.05) is 0 Å². The highest BCUT2D eigenvalue weighted by Crippen LogP contribution is 2.37. The molecule has 1 aliphatic rings. The Bertz CT molecular complexity index is 315. The molecule has 1 aliphatic carbocycles. The molecular weight excluding hydrogens is 148 g/mol. The minimum absolute atomic E-state index is 0.300. The van der Waals surface area contributed by atoms with Crippen LogP contribution in [0.25, 0.3) is 0 Å². The molecule has 0 aromatic heterocycles. The lowest BCUT2D eigenvalue weighted by Crippen LogP contribution is -2.18. The summed E-state index contributed by atoms with van der Waals surface area (Å²) in [5, 5.41) is 0. The van der Waals surface area contributed by atoms with Crippen LogP contribution in [-0.4, -0.2) is 5.78 Å². The molecule has 62 valence electrons. The molecule has 12 heavy (non-hydrogen) atoms. The molecule has 1 aromatic rings. The van der Waals surface area contributed by atoms with Crippen molar-refractivity contribution in [3.8, 4) is 0 Å². The van der Waals surface area contributed by atoms with Gasteiger partial charge in [0.15, 0.2) is 0 Å². The predicted molar refractivity (Wildman–Crippen MR) is 48.2 cm³/mol. The highest BCUT2D eigenvalue weighted by Gasteiger charge is 2.25. The molecule has 0 N–H and O–H groups in total. The first-order valence-corrected chi connectivity index (χ1v) is 4.34. The largest absolute Gasteiger partial charge is 0.300 e. The quantitative estimate of drug-likeness (QED) is 0.648. The minimum Gasteiger partial charge on any atom is -0.300 e. The molecule has 0 unspecified atom stereocenters. The number of carbonyl (C=O) groups excluding carboxylic acids is 1. The van der Waals surface area contributed by atoms with E-state index < -0.39 is 0 Å². The van der Waals surface area contributed by atoms with E-state index in [0.29, 0.717) is 11.7 Å². The zero-order valence-electron chi connectivity index (χ0n) is 7.21. The summed E-state index contributed by atoms with van der Waals surface area (Å²) < 4.78 is 0. The topological polar surface area (TPSA) is 17.1 Å². The summed E-state index contributed by atoms with van der Waals surface area (Å²) in [6.07, 6.45) is 1.81. The van der Waals surface area contributed by atoms with Gasteiger partial charge in [-0.25, -0.2) is 0 Å².